The van der Waals surface area contributed by atoms with Gasteiger partial charge in [0.15, 0.2) is 0 Å². The van der Waals surface area contributed by atoms with Gasteiger partial charge in [-0.2, -0.15) is 5.10 Å². The molecule has 8 nitrogen and oxygen atoms in total. The van der Waals surface area contributed by atoms with E-state index in [1.807, 2.05) is 0 Å². The van der Waals surface area contributed by atoms with Gasteiger partial charge >= 0.3 is 0 Å². The Bertz CT molecular complexity index is 785. The number of anilines is 1. The van der Waals surface area contributed by atoms with Crippen LogP contribution in [0.25, 0.3) is 0 Å². The molecule has 0 aliphatic carbocycles. The number of carbonyl (C=O) groups is 2. The highest BCUT2D eigenvalue weighted by atomic mass is 16.2. The Morgan fingerprint density at radius 1 is 1.32 bits per heavy atom. The average Bonchev–Trinajstić information content (AvgIpc) is 3.10. The molecular formula is C17H22N6O2. The summed E-state index contributed by atoms with van der Waals surface area (Å²) in [7, 11) is 3.45. The Labute approximate surface area is 146 Å². The van der Waals surface area contributed by atoms with Crippen LogP contribution < -0.4 is 10.6 Å². The molecule has 0 bridgehead atoms. The van der Waals surface area contributed by atoms with Crippen molar-refractivity contribution in [1.29, 1.82) is 0 Å². The molecule has 1 atom stereocenters. The second kappa shape index (κ2) is 6.92. The highest BCUT2D eigenvalue weighted by Crippen LogP contribution is 2.32. The first-order valence-electron chi connectivity index (χ1n) is 8.22. The van der Waals surface area contributed by atoms with E-state index < -0.39 is 5.91 Å². The second-order valence-electron chi connectivity index (χ2n) is 6.44. The number of nitrogens with two attached hydrogens (primary N) is 1. The van der Waals surface area contributed by atoms with Gasteiger partial charge in [0.1, 0.15) is 0 Å². The lowest BCUT2D eigenvalue weighted by atomic mass is 9.91. The summed E-state index contributed by atoms with van der Waals surface area (Å²) in [6.45, 7) is 1.51. The molecular weight excluding hydrogens is 320 g/mol. The lowest BCUT2D eigenvalue weighted by molar-refractivity contribution is 0.0825. The SMILES string of the molecule is CN(C)C(=O)c1cn[nH]c1C1CCCN(c2ccncc2C(N)=O)C1. The number of rotatable bonds is 4. The van der Waals surface area contributed by atoms with E-state index in [1.165, 1.54) is 6.20 Å². The van der Waals surface area contributed by atoms with Crippen molar-refractivity contribution in [2.75, 3.05) is 32.1 Å². The van der Waals surface area contributed by atoms with Crippen LogP contribution in [-0.4, -0.2) is 59.1 Å². The van der Waals surface area contributed by atoms with E-state index in [-0.39, 0.29) is 11.8 Å². The van der Waals surface area contributed by atoms with Crippen molar-refractivity contribution in [2.24, 2.45) is 5.73 Å². The Morgan fingerprint density at radius 2 is 2.12 bits per heavy atom. The Hall–Kier alpha value is -2.90. The predicted octanol–water partition coefficient (Wildman–Crippen LogP) is 0.989. The van der Waals surface area contributed by atoms with Crippen LogP contribution in [0.1, 0.15) is 45.2 Å². The molecule has 0 saturated carbocycles. The second-order valence-corrected chi connectivity index (χ2v) is 6.44. The van der Waals surface area contributed by atoms with Gasteiger partial charge in [0.2, 0.25) is 0 Å². The molecule has 25 heavy (non-hydrogen) atoms. The number of aromatic nitrogens is 3. The smallest absolute Gasteiger partial charge is 0.256 e. The third kappa shape index (κ3) is 3.33. The number of amides is 2. The minimum absolute atomic E-state index is 0.0670. The van der Waals surface area contributed by atoms with Crippen LogP contribution in [0.15, 0.2) is 24.7 Å². The normalized spacial score (nSPS) is 17.4. The van der Waals surface area contributed by atoms with Gasteiger partial charge in [0, 0.05) is 45.5 Å². The lowest BCUT2D eigenvalue weighted by Crippen LogP contribution is -2.36. The highest BCUT2D eigenvalue weighted by Gasteiger charge is 2.28. The number of nitrogens with zero attached hydrogens (tertiary/aromatic N) is 4. The first-order valence-corrected chi connectivity index (χ1v) is 8.22. The van der Waals surface area contributed by atoms with Crippen LogP contribution in [0.4, 0.5) is 5.69 Å². The number of hydrogen-bond acceptors (Lipinski definition) is 5. The molecule has 0 aromatic carbocycles. The van der Waals surface area contributed by atoms with Crippen molar-refractivity contribution in [2.45, 2.75) is 18.8 Å². The average molecular weight is 342 g/mol. The summed E-state index contributed by atoms with van der Waals surface area (Å²) in [5.41, 5.74) is 8.12. The molecule has 1 fully saturated rings. The maximum Gasteiger partial charge on any atom is 0.256 e. The maximum atomic E-state index is 12.3. The summed E-state index contributed by atoms with van der Waals surface area (Å²) >= 11 is 0. The number of primary amides is 1. The first-order chi connectivity index (χ1) is 12.0. The van der Waals surface area contributed by atoms with Gasteiger partial charge in [-0.25, -0.2) is 0 Å². The zero-order valence-electron chi connectivity index (χ0n) is 14.4. The highest BCUT2D eigenvalue weighted by molar-refractivity contribution is 5.98. The number of aromatic amines is 1. The van der Waals surface area contributed by atoms with Crippen molar-refractivity contribution in [3.63, 3.8) is 0 Å². The number of pyridine rings is 1. The molecule has 0 spiro atoms. The van der Waals surface area contributed by atoms with Gasteiger partial charge in [-0.3, -0.25) is 19.7 Å². The number of carbonyl (C=O) groups excluding carboxylic acids is 2. The van der Waals surface area contributed by atoms with Crippen molar-refractivity contribution in [3.8, 4) is 0 Å². The summed E-state index contributed by atoms with van der Waals surface area (Å²) in [4.78, 5) is 31.7. The van der Waals surface area contributed by atoms with E-state index in [0.29, 0.717) is 17.7 Å². The van der Waals surface area contributed by atoms with Gasteiger partial charge in [-0.1, -0.05) is 0 Å². The van der Waals surface area contributed by atoms with E-state index in [2.05, 4.69) is 20.1 Å². The molecule has 1 aliphatic rings. The van der Waals surface area contributed by atoms with E-state index in [0.717, 1.165) is 30.8 Å². The molecule has 3 rings (SSSR count). The Morgan fingerprint density at radius 3 is 2.84 bits per heavy atom. The standard InChI is InChI=1S/C17H22N6O2/c1-22(2)17(25)13-9-20-21-15(13)11-4-3-7-23(10-11)14-5-6-19-8-12(14)16(18)24/h5-6,8-9,11H,3-4,7,10H2,1-2H3,(H2,18,24)(H,20,21). The molecule has 3 heterocycles. The number of H-pyrrole nitrogens is 1. The van der Waals surface area contributed by atoms with Gasteiger partial charge < -0.3 is 15.5 Å². The molecule has 8 heteroatoms. The fraction of sp³-hybridized carbons (Fsp3) is 0.412. The van der Waals surface area contributed by atoms with E-state index in [9.17, 15) is 9.59 Å². The molecule has 1 unspecified atom stereocenters. The van der Waals surface area contributed by atoms with Crippen molar-refractivity contribution in [1.82, 2.24) is 20.1 Å². The van der Waals surface area contributed by atoms with Crippen molar-refractivity contribution in [3.05, 3.63) is 41.5 Å². The molecule has 3 N–H and O–H groups in total. The number of hydrogen-bond donors (Lipinski definition) is 2. The first kappa shape index (κ1) is 16.9. The van der Waals surface area contributed by atoms with Crippen molar-refractivity contribution >= 4 is 17.5 Å². The molecule has 2 aromatic rings. The third-order valence-electron chi connectivity index (χ3n) is 4.54. The monoisotopic (exact) mass is 342 g/mol. The molecule has 1 aliphatic heterocycles. The van der Waals surface area contributed by atoms with Gasteiger partial charge in [-0.15, -0.1) is 0 Å². The lowest BCUT2D eigenvalue weighted by Gasteiger charge is -2.35. The summed E-state index contributed by atoms with van der Waals surface area (Å²) in [5.74, 6) is -0.429. The number of nitrogens with one attached hydrogen (secondary N) is 1. The summed E-state index contributed by atoms with van der Waals surface area (Å²) in [6.07, 6.45) is 6.63. The van der Waals surface area contributed by atoms with E-state index in [1.54, 1.807) is 37.5 Å². The maximum absolute atomic E-state index is 12.3. The molecule has 1 saturated heterocycles. The summed E-state index contributed by atoms with van der Waals surface area (Å²) in [5, 5.41) is 7.06. The zero-order valence-corrected chi connectivity index (χ0v) is 14.4. The van der Waals surface area contributed by atoms with Crippen LogP contribution in [-0.2, 0) is 0 Å². The molecule has 2 amide bonds. The zero-order chi connectivity index (χ0) is 18.0. The minimum Gasteiger partial charge on any atom is -0.370 e. The topological polar surface area (TPSA) is 108 Å². The Balaban J connectivity index is 1.87. The van der Waals surface area contributed by atoms with E-state index in [4.69, 9.17) is 5.73 Å². The number of piperidine rings is 1. The van der Waals surface area contributed by atoms with Crippen molar-refractivity contribution < 1.29 is 9.59 Å². The van der Waals surface area contributed by atoms with Crippen LogP contribution in [0.2, 0.25) is 0 Å². The summed E-state index contributed by atoms with van der Waals surface area (Å²) in [6, 6.07) is 1.81. The van der Waals surface area contributed by atoms with Gasteiger partial charge in [-0.05, 0) is 18.9 Å². The molecule has 2 aromatic heterocycles. The van der Waals surface area contributed by atoms with Crippen LogP contribution >= 0.6 is 0 Å². The van der Waals surface area contributed by atoms with Gasteiger partial charge in [0.25, 0.3) is 11.8 Å². The van der Waals surface area contributed by atoms with Crippen LogP contribution in [0, 0.1) is 0 Å². The Kier molecular flexibility index (Phi) is 4.69. The minimum atomic E-state index is -0.491. The third-order valence-corrected chi connectivity index (χ3v) is 4.54. The largest absolute Gasteiger partial charge is 0.370 e. The molecule has 0 radical (unpaired) electrons. The summed E-state index contributed by atoms with van der Waals surface area (Å²) < 4.78 is 0. The quantitative estimate of drug-likeness (QED) is 0.861. The van der Waals surface area contributed by atoms with Crippen LogP contribution in [0.5, 0.6) is 0 Å². The van der Waals surface area contributed by atoms with E-state index >= 15 is 0 Å². The van der Waals surface area contributed by atoms with Crippen LogP contribution in [0.3, 0.4) is 0 Å². The fourth-order valence-electron chi connectivity index (χ4n) is 3.30. The fourth-order valence-corrected chi connectivity index (χ4v) is 3.30. The predicted molar refractivity (Wildman–Crippen MR) is 93.5 cm³/mol. The molecule has 132 valence electrons. The van der Waals surface area contributed by atoms with Gasteiger partial charge in [0.05, 0.1) is 28.7 Å².